The molecule has 0 spiro atoms. The van der Waals surface area contributed by atoms with Gasteiger partial charge in [0.15, 0.2) is 0 Å². The molecule has 0 aromatic heterocycles. The predicted molar refractivity (Wildman–Crippen MR) is 82.8 cm³/mol. The SMILES string of the molecule is C[C@@H](c1ccccc1)C(C)(C)NC(=O)c1ccccc1. The molecule has 0 saturated carbocycles. The Balaban J connectivity index is 2.13. The summed E-state index contributed by atoms with van der Waals surface area (Å²) in [4.78, 5) is 12.3. The van der Waals surface area contributed by atoms with Gasteiger partial charge in [-0.2, -0.15) is 0 Å². The van der Waals surface area contributed by atoms with Crippen LogP contribution in [0.2, 0.25) is 0 Å². The van der Waals surface area contributed by atoms with Crippen molar-refractivity contribution >= 4 is 5.91 Å². The van der Waals surface area contributed by atoms with Crippen LogP contribution in [0.1, 0.15) is 42.6 Å². The summed E-state index contributed by atoms with van der Waals surface area (Å²) >= 11 is 0. The Morgan fingerprint density at radius 3 is 2.00 bits per heavy atom. The summed E-state index contributed by atoms with van der Waals surface area (Å²) in [5.74, 6) is 0.203. The minimum absolute atomic E-state index is 0.0293. The summed E-state index contributed by atoms with van der Waals surface area (Å²) < 4.78 is 0. The summed E-state index contributed by atoms with van der Waals surface area (Å²) in [7, 11) is 0. The number of rotatable bonds is 4. The Morgan fingerprint density at radius 2 is 1.45 bits per heavy atom. The van der Waals surface area contributed by atoms with Crippen LogP contribution < -0.4 is 5.32 Å². The largest absolute Gasteiger partial charge is 0.347 e. The maximum Gasteiger partial charge on any atom is 0.251 e. The number of hydrogen-bond acceptors (Lipinski definition) is 1. The molecule has 1 atom stereocenters. The van der Waals surface area contributed by atoms with Gasteiger partial charge in [-0.05, 0) is 31.5 Å². The Hall–Kier alpha value is -2.09. The second-order valence-electron chi connectivity index (χ2n) is 5.67. The van der Waals surface area contributed by atoms with E-state index in [9.17, 15) is 4.79 Å². The Bertz CT molecular complexity index is 560. The third-order valence-electron chi connectivity index (χ3n) is 3.85. The van der Waals surface area contributed by atoms with Crippen LogP contribution in [-0.2, 0) is 0 Å². The number of hydrogen-bond donors (Lipinski definition) is 1. The van der Waals surface area contributed by atoms with E-state index in [1.165, 1.54) is 5.56 Å². The van der Waals surface area contributed by atoms with Gasteiger partial charge in [0.1, 0.15) is 0 Å². The van der Waals surface area contributed by atoms with Gasteiger partial charge in [-0.15, -0.1) is 0 Å². The average Bonchev–Trinajstić information content (AvgIpc) is 2.48. The standard InChI is InChI=1S/C18H21NO/c1-14(15-10-6-4-7-11-15)18(2,3)19-17(20)16-12-8-5-9-13-16/h4-14H,1-3H3,(H,19,20)/t14-/m0/s1. The first-order valence-electron chi connectivity index (χ1n) is 6.93. The molecule has 0 aliphatic carbocycles. The van der Waals surface area contributed by atoms with E-state index in [1.807, 2.05) is 48.5 Å². The molecule has 20 heavy (non-hydrogen) atoms. The van der Waals surface area contributed by atoms with Crippen LogP contribution in [0.4, 0.5) is 0 Å². The first kappa shape index (κ1) is 14.3. The highest BCUT2D eigenvalue weighted by Crippen LogP contribution is 2.27. The molecule has 2 aromatic rings. The molecular weight excluding hydrogens is 246 g/mol. The Kier molecular flexibility index (Phi) is 4.23. The van der Waals surface area contributed by atoms with Crippen LogP contribution >= 0.6 is 0 Å². The number of amides is 1. The minimum Gasteiger partial charge on any atom is -0.347 e. The molecular formula is C18H21NO. The van der Waals surface area contributed by atoms with E-state index in [2.05, 4.69) is 38.2 Å². The van der Waals surface area contributed by atoms with Gasteiger partial charge in [-0.25, -0.2) is 0 Å². The van der Waals surface area contributed by atoms with Gasteiger partial charge in [-0.1, -0.05) is 55.5 Å². The van der Waals surface area contributed by atoms with E-state index in [1.54, 1.807) is 0 Å². The number of carbonyl (C=O) groups is 1. The smallest absolute Gasteiger partial charge is 0.251 e. The minimum atomic E-state index is -0.311. The van der Waals surface area contributed by atoms with Crippen LogP contribution in [0, 0.1) is 0 Å². The summed E-state index contributed by atoms with van der Waals surface area (Å²) in [6.45, 7) is 6.26. The van der Waals surface area contributed by atoms with E-state index < -0.39 is 0 Å². The fourth-order valence-electron chi connectivity index (χ4n) is 2.22. The van der Waals surface area contributed by atoms with Crippen molar-refractivity contribution in [2.24, 2.45) is 0 Å². The van der Waals surface area contributed by atoms with Crippen LogP contribution in [0.15, 0.2) is 60.7 Å². The summed E-state index contributed by atoms with van der Waals surface area (Å²) in [5, 5.41) is 3.13. The van der Waals surface area contributed by atoms with Crippen molar-refractivity contribution < 1.29 is 4.79 Å². The molecule has 0 unspecified atom stereocenters. The van der Waals surface area contributed by atoms with Crippen molar-refractivity contribution in [3.63, 3.8) is 0 Å². The maximum absolute atomic E-state index is 12.3. The van der Waals surface area contributed by atoms with Gasteiger partial charge in [0, 0.05) is 17.0 Å². The topological polar surface area (TPSA) is 29.1 Å². The molecule has 0 saturated heterocycles. The molecule has 2 heteroatoms. The zero-order valence-electron chi connectivity index (χ0n) is 12.3. The quantitative estimate of drug-likeness (QED) is 0.891. The normalized spacial score (nSPS) is 12.8. The lowest BCUT2D eigenvalue weighted by Crippen LogP contribution is -2.47. The van der Waals surface area contributed by atoms with Crippen molar-refractivity contribution in [1.82, 2.24) is 5.32 Å². The first-order chi connectivity index (χ1) is 9.50. The molecule has 0 heterocycles. The third kappa shape index (κ3) is 3.27. The first-order valence-corrected chi connectivity index (χ1v) is 6.93. The van der Waals surface area contributed by atoms with Gasteiger partial charge in [0.05, 0.1) is 0 Å². The van der Waals surface area contributed by atoms with Crippen LogP contribution in [0.5, 0.6) is 0 Å². The fourth-order valence-corrected chi connectivity index (χ4v) is 2.22. The lowest BCUT2D eigenvalue weighted by Gasteiger charge is -2.33. The highest BCUT2D eigenvalue weighted by Gasteiger charge is 2.28. The average molecular weight is 267 g/mol. The van der Waals surface area contributed by atoms with Gasteiger partial charge in [-0.3, -0.25) is 4.79 Å². The molecule has 2 aromatic carbocycles. The zero-order valence-corrected chi connectivity index (χ0v) is 12.3. The number of carbonyl (C=O) groups excluding carboxylic acids is 1. The molecule has 0 fully saturated rings. The van der Waals surface area contributed by atoms with E-state index in [-0.39, 0.29) is 17.4 Å². The van der Waals surface area contributed by atoms with Gasteiger partial charge >= 0.3 is 0 Å². The Morgan fingerprint density at radius 1 is 0.950 bits per heavy atom. The lowest BCUT2D eigenvalue weighted by atomic mass is 9.83. The molecule has 2 nitrogen and oxygen atoms in total. The molecule has 0 aliphatic rings. The van der Waals surface area contributed by atoms with Crippen molar-refractivity contribution in [2.45, 2.75) is 32.2 Å². The molecule has 0 aliphatic heterocycles. The second kappa shape index (κ2) is 5.91. The highest BCUT2D eigenvalue weighted by atomic mass is 16.1. The monoisotopic (exact) mass is 267 g/mol. The van der Waals surface area contributed by atoms with Gasteiger partial charge < -0.3 is 5.32 Å². The van der Waals surface area contributed by atoms with Crippen molar-refractivity contribution in [1.29, 1.82) is 0 Å². The van der Waals surface area contributed by atoms with Crippen molar-refractivity contribution in [3.05, 3.63) is 71.8 Å². The molecule has 2 rings (SSSR count). The van der Waals surface area contributed by atoms with Crippen molar-refractivity contribution in [3.8, 4) is 0 Å². The lowest BCUT2D eigenvalue weighted by molar-refractivity contribution is 0.0902. The molecule has 1 N–H and O–H groups in total. The van der Waals surface area contributed by atoms with Crippen molar-refractivity contribution in [2.75, 3.05) is 0 Å². The fraction of sp³-hybridized carbons (Fsp3) is 0.278. The molecule has 1 amide bonds. The number of benzene rings is 2. The van der Waals surface area contributed by atoms with E-state index >= 15 is 0 Å². The van der Waals surface area contributed by atoms with Crippen LogP contribution in [-0.4, -0.2) is 11.4 Å². The van der Waals surface area contributed by atoms with Gasteiger partial charge in [0.2, 0.25) is 0 Å². The van der Waals surface area contributed by atoms with E-state index in [4.69, 9.17) is 0 Å². The van der Waals surface area contributed by atoms with Crippen LogP contribution in [0.3, 0.4) is 0 Å². The predicted octanol–water partition coefficient (Wildman–Crippen LogP) is 4.00. The second-order valence-corrected chi connectivity index (χ2v) is 5.67. The highest BCUT2D eigenvalue weighted by molar-refractivity contribution is 5.94. The van der Waals surface area contributed by atoms with E-state index in [0.717, 1.165) is 0 Å². The number of nitrogens with one attached hydrogen (secondary N) is 1. The molecule has 0 radical (unpaired) electrons. The van der Waals surface area contributed by atoms with Crippen LogP contribution in [0.25, 0.3) is 0 Å². The maximum atomic E-state index is 12.3. The summed E-state index contributed by atoms with van der Waals surface area (Å²) in [5.41, 5.74) is 1.61. The van der Waals surface area contributed by atoms with Gasteiger partial charge in [0.25, 0.3) is 5.91 Å². The molecule has 0 bridgehead atoms. The zero-order chi connectivity index (χ0) is 14.6. The molecule has 104 valence electrons. The summed E-state index contributed by atoms with van der Waals surface area (Å²) in [6, 6.07) is 19.6. The Labute approximate surface area is 120 Å². The van der Waals surface area contributed by atoms with E-state index in [0.29, 0.717) is 5.56 Å². The third-order valence-corrected chi connectivity index (χ3v) is 3.85. The summed E-state index contributed by atoms with van der Waals surface area (Å²) in [6.07, 6.45) is 0.